The van der Waals surface area contributed by atoms with Gasteiger partial charge in [-0.15, -0.1) is 0 Å². The van der Waals surface area contributed by atoms with Gasteiger partial charge in [0, 0.05) is 28.5 Å². The highest BCUT2D eigenvalue weighted by Gasteiger charge is 2.24. The fraction of sp³-hybridized carbons (Fsp3) is 0.200. The summed E-state index contributed by atoms with van der Waals surface area (Å²) in [5.74, 6) is 0.213. The molecule has 0 spiro atoms. The van der Waals surface area contributed by atoms with Gasteiger partial charge in [-0.2, -0.15) is 0 Å². The first-order valence-electron chi connectivity index (χ1n) is 10.4. The van der Waals surface area contributed by atoms with E-state index in [4.69, 9.17) is 22.1 Å². The summed E-state index contributed by atoms with van der Waals surface area (Å²) in [5.41, 5.74) is 10.2. The lowest BCUT2D eigenvalue weighted by Gasteiger charge is -2.12. The number of carbonyl (C=O) groups is 2. The first-order valence-corrected chi connectivity index (χ1v) is 10.8. The van der Waals surface area contributed by atoms with Crippen LogP contribution in [0.25, 0.3) is 0 Å². The van der Waals surface area contributed by atoms with Gasteiger partial charge in [0.25, 0.3) is 5.91 Å². The molecule has 0 atom stereocenters. The van der Waals surface area contributed by atoms with E-state index >= 15 is 0 Å². The molecule has 3 aromatic carbocycles. The fourth-order valence-corrected chi connectivity index (χ4v) is 3.67. The Morgan fingerprint density at radius 3 is 2.41 bits per heavy atom. The first-order chi connectivity index (χ1) is 15.5. The number of rotatable bonds is 7. The van der Waals surface area contributed by atoms with Crippen LogP contribution in [0.15, 0.2) is 66.7 Å². The van der Waals surface area contributed by atoms with E-state index in [9.17, 15) is 9.59 Å². The molecule has 0 saturated heterocycles. The second-order valence-electron chi connectivity index (χ2n) is 7.81. The van der Waals surface area contributed by atoms with Crippen LogP contribution >= 0.6 is 11.6 Å². The molecule has 32 heavy (non-hydrogen) atoms. The Balaban J connectivity index is 1.43. The number of benzene rings is 3. The average Bonchev–Trinajstić information content (AvgIpc) is 3.63. The lowest BCUT2D eigenvalue weighted by molar-refractivity contribution is 0.102. The first kappa shape index (κ1) is 21.9. The molecule has 0 heterocycles. The molecule has 6 nitrogen and oxygen atoms in total. The van der Waals surface area contributed by atoms with Gasteiger partial charge in [-0.25, -0.2) is 4.79 Å². The number of hydrogen-bond acceptors (Lipinski definition) is 4. The van der Waals surface area contributed by atoms with Crippen molar-refractivity contribution in [2.24, 2.45) is 5.73 Å². The lowest BCUT2D eigenvalue weighted by Crippen LogP contribution is -2.16. The van der Waals surface area contributed by atoms with E-state index in [1.807, 2.05) is 42.5 Å². The van der Waals surface area contributed by atoms with E-state index in [0.29, 0.717) is 34.4 Å². The Morgan fingerprint density at radius 1 is 0.938 bits per heavy atom. The molecule has 164 valence electrons. The van der Waals surface area contributed by atoms with Crippen LogP contribution in [-0.4, -0.2) is 12.0 Å². The maximum atomic E-state index is 12.9. The topological polar surface area (TPSA) is 93.5 Å². The van der Waals surface area contributed by atoms with Gasteiger partial charge in [0.05, 0.1) is 0 Å². The molecule has 4 rings (SSSR count). The van der Waals surface area contributed by atoms with Crippen LogP contribution < -0.4 is 16.4 Å². The third-order valence-corrected chi connectivity index (χ3v) is 5.39. The van der Waals surface area contributed by atoms with Gasteiger partial charge in [0.2, 0.25) is 0 Å². The third kappa shape index (κ3) is 5.87. The van der Waals surface area contributed by atoms with Crippen LogP contribution in [0.4, 0.5) is 16.2 Å². The zero-order valence-electron chi connectivity index (χ0n) is 17.4. The number of ether oxygens (including phenoxy) is 1. The summed E-state index contributed by atoms with van der Waals surface area (Å²) in [5, 5.41) is 5.86. The molecule has 2 amide bonds. The smallest absolute Gasteiger partial charge is 0.411 e. The highest BCUT2D eigenvalue weighted by molar-refractivity contribution is 6.31. The van der Waals surface area contributed by atoms with Gasteiger partial charge in [-0.05, 0) is 65.8 Å². The molecule has 0 bridgehead atoms. The molecule has 1 fully saturated rings. The highest BCUT2D eigenvalue weighted by atomic mass is 35.5. The molecule has 1 aliphatic carbocycles. The van der Waals surface area contributed by atoms with Crippen molar-refractivity contribution in [3.63, 3.8) is 0 Å². The van der Waals surface area contributed by atoms with Gasteiger partial charge in [-0.3, -0.25) is 10.1 Å². The van der Waals surface area contributed by atoms with E-state index in [1.54, 1.807) is 18.2 Å². The Kier molecular flexibility index (Phi) is 6.73. The summed E-state index contributed by atoms with van der Waals surface area (Å²) in [7, 11) is 0. The van der Waals surface area contributed by atoms with E-state index < -0.39 is 6.09 Å². The SMILES string of the molecule is NCc1cc(NC(=O)c2cc(Cl)cc(NC(=O)OCc3ccccc3)c2)cc(C2CC2)c1. The second-order valence-corrected chi connectivity index (χ2v) is 8.25. The number of amides is 2. The molecule has 0 aliphatic heterocycles. The van der Waals surface area contributed by atoms with E-state index in [0.717, 1.165) is 24.0 Å². The summed E-state index contributed by atoms with van der Waals surface area (Å²) >= 11 is 6.19. The Bertz CT molecular complexity index is 1130. The molecule has 1 aliphatic rings. The molecular formula is C25H24ClN3O3. The number of carbonyl (C=O) groups excluding carboxylic acids is 2. The molecule has 4 N–H and O–H groups in total. The van der Waals surface area contributed by atoms with Crippen molar-refractivity contribution in [2.75, 3.05) is 10.6 Å². The van der Waals surface area contributed by atoms with E-state index in [-0.39, 0.29) is 12.5 Å². The molecule has 1 saturated carbocycles. The minimum atomic E-state index is -0.632. The quantitative estimate of drug-likeness (QED) is 0.432. The summed E-state index contributed by atoms with van der Waals surface area (Å²) < 4.78 is 5.23. The minimum absolute atomic E-state index is 0.140. The highest BCUT2D eigenvalue weighted by Crippen LogP contribution is 2.41. The van der Waals surface area contributed by atoms with Crippen molar-refractivity contribution in [2.45, 2.75) is 31.9 Å². The number of anilines is 2. The van der Waals surface area contributed by atoms with Crippen molar-refractivity contribution in [1.29, 1.82) is 0 Å². The fourth-order valence-electron chi connectivity index (χ4n) is 3.43. The zero-order valence-corrected chi connectivity index (χ0v) is 18.2. The van der Waals surface area contributed by atoms with Crippen LogP contribution in [0.1, 0.15) is 45.8 Å². The van der Waals surface area contributed by atoms with Crippen LogP contribution in [0.2, 0.25) is 5.02 Å². The molecule has 7 heteroatoms. The summed E-state index contributed by atoms with van der Waals surface area (Å²) in [6.07, 6.45) is 1.68. The van der Waals surface area contributed by atoms with E-state index in [1.165, 1.54) is 5.56 Å². The second kappa shape index (κ2) is 9.85. The van der Waals surface area contributed by atoms with Crippen LogP contribution in [-0.2, 0) is 17.9 Å². The molecule has 0 aromatic heterocycles. The van der Waals surface area contributed by atoms with Crippen molar-refractivity contribution in [1.82, 2.24) is 0 Å². The average molecular weight is 450 g/mol. The normalized spacial score (nSPS) is 12.8. The number of nitrogens with two attached hydrogens (primary N) is 1. The molecular weight excluding hydrogens is 426 g/mol. The van der Waals surface area contributed by atoms with Gasteiger partial charge in [0.1, 0.15) is 6.61 Å². The molecule has 0 radical (unpaired) electrons. The summed E-state index contributed by atoms with van der Waals surface area (Å²) in [6, 6.07) is 20.0. The minimum Gasteiger partial charge on any atom is -0.444 e. The predicted octanol–water partition coefficient (Wildman–Crippen LogP) is 5.68. The lowest BCUT2D eigenvalue weighted by atomic mass is 10.1. The van der Waals surface area contributed by atoms with Crippen LogP contribution in [0.3, 0.4) is 0 Å². The Morgan fingerprint density at radius 2 is 1.69 bits per heavy atom. The summed E-state index contributed by atoms with van der Waals surface area (Å²) in [4.78, 5) is 25.0. The maximum Gasteiger partial charge on any atom is 0.411 e. The summed E-state index contributed by atoms with van der Waals surface area (Å²) in [6.45, 7) is 0.543. The van der Waals surface area contributed by atoms with Gasteiger partial charge in [0.15, 0.2) is 0 Å². The van der Waals surface area contributed by atoms with Crippen LogP contribution in [0.5, 0.6) is 0 Å². The van der Waals surface area contributed by atoms with Crippen molar-refractivity contribution in [3.05, 3.63) is 94.0 Å². The number of hydrogen-bond donors (Lipinski definition) is 3. The Labute approximate surface area is 191 Å². The van der Waals surface area contributed by atoms with Gasteiger partial charge >= 0.3 is 6.09 Å². The molecule has 3 aromatic rings. The monoisotopic (exact) mass is 449 g/mol. The number of halogens is 1. The standard InChI is InChI=1S/C25H24ClN3O3/c26-21-10-20(12-23(13-21)29-25(31)32-15-16-4-2-1-3-5-16)24(30)28-22-9-17(14-27)8-19(11-22)18-6-7-18/h1-5,8-13,18H,6-7,14-15,27H2,(H,28,30)(H,29,31). The third-order valence-electron chi connectivity index (χ3n) is 5.18. The van der Waals surface area contributed by atoms with Crippen molar-refractivity contribution < 1.29 is 14.3 Å². The Hall–Kier alpha value is -3.35. The van der Waals surface area contributed by atoms with Gasteiger partial charge < -0.3 is 15.8 Å². The van der Waals surface area contributed by atoms with Gasteiger partial charge in [-0.1, -0.05) is 48.0 Å². The van der Waals surface area contributed by atoms with E-state index in [2.05, 4.69) is 16.7 Å². The zero-order chi connectivity index (χ0) is 22.5. The number of nitrogens with one attached hydrogen (secondary N) is 2. The predicted molar refractivity (Wildman–Crippen MR) is 126 cm³/mol. The largest absolute Gasteiger partial charge is 0.444 e. The van der Waals surface area contributed by atoms with Crippen molar-refractivity contribution in [3.8, 4) is 0 Å². The van der Waals surface area contributed by atoms with Crippen LogP contribution in [0, 0.1) is 0 Å². The molecule has 0 unspecified atom stereocenters. The maximum absolute atomic E-state index is 12.9. The van der Waals surface area contributed by atoms with Crippen molar-refractivity contribution >= 4 is 35.0 Å².